The van der Waals surface area contributed by atoms with E-state index in [9.17, 15) is 0 Å². The Balaban J connectivity index is 2.41. The van der Waals surface area contributed by atoms with Gasteiger partial charge in [0.2, 0.25) is 0 Å². The molecule has 0 aromatic rings. The minimum atomic E-state index is -0.518. The lowest BCUT2D eigenvalue weighted by atomic mass is 10.0. The predicted octanol–water partition coefficient (Wildman–Crippen LogP) is 3.81. The molecule has 1 N–H and O–H groups in total. The summed E-state index contributed by atoms with van der Waals surface area (Å²) in [7, 11) is 0. The fraction of sp³-hybridized carbons (Fsp3) is 0.700. The molecule has 0 spiro atoms. The summed E-state index contributed by atoms with van der Waals surface area (Å²) in [6, 6.07) is 0. The maximum Gasteiger partial charge on any atom is 0.163 e. The van der Waals surface area contributed by atoms with Gasteiger partial charge < -0.3 is 14.6 Å². The molecule has 23 heavy (non-hydrogen) atoms. The van der Waals surface area contributed by atoms with Crippen LogP contribution in [0, 0.1) is 23.7 Å². The van der Waals surface area contributed by atoms with Crippen LogP contribution in [0.3, 0.4) is 0 Å². The standard InChI is InChI=1S/C20H30O3/c1-4-5-6-9-12-15-18-19(23-20(2,3)22-18)16-13-10-7-8-11-14-17-21/h11,14,18-19,21H,4-6,9,12,15-17H2,1-3H3/b14-11+/t18-,19-/m1/s1. The van der Waals surface area contributed by atoms with Crippen molar-refractivity contribution in [2.45, 2.75) is 83.7 Å². The third-order valence-corrected chi connectivity index (χ3v) is 3.71. The van der Waals surface area contributed by atoms with Gasteiger partial charge in [0.05, 0.1) is 18.8 Å². The summed E-state index contributed by atoms with van der Waals surface area (Å²) in [5.74, 6) is 10.9. The van der Waals surface area contributed by atoms with E-state index in [-0.39, 0.29) is 18.8 Å². The number of unbranched alkanes of at least 4 members (excludes halogenated alkanes) is 4. The number of hydrogen-bond acceptors (Lipinski definition) is 3. The van der Waals surface area contributed by atoms with Gasteiger partial charge in [0.15, 0.2) is 5.79 Å². The van der Waals surface area contributed by atoms with Crippen molar-refractivity contribution in [2.75, 3.05) is 6.61 Å². The number of ether oxygens (including phenoxy) is 2. The number of aliphatic hydroxyl groups excluding tert-OH is 1. The van der Waals surface area contributed by atoms with Gasteiger partial charge in [0.1, 0.15) is 0 Å². The van der Waals surface area contributed by atoms with Crippen LogP contribution in [0.4, 0.5) is 0 Å². The lowest BCUT2D eigenvalue weighted by Gasteiger charge is -2.16. The Hall–Kier alpha value is -1.26. The summed E-state index contributed by atoms with van der Waals surface area (Å²) in [6.45, 7) is 6.16. The predicted molar refractivity (Wildman–Crippen MR) is 93.6 cm³/mol. The Morgan fingerprint density at radius 1 is 1.04 bits per heavy atom. The molecular formula is C20H30O3. The number of hydrogen-bond donors (Lipinski definition) is 1. The molecule has 1 heterocycles. The highest BCUT2D eigenvalue weighted by Crippen LogP contribution is 2.32. The van der Waals surface area contributed by atoms with Crippen molar-refractivity contribution in [1.29, 1.82) is 0 Å². The first-order valence-corrected chi connectivity index (χ1v) is 8.69. The summed E-state index contributed by atoms with van der Waals surface area (Å²) >= 11 is 0. The highest BCUT2D eigenvalue weighted by Gasteiger charge is 2.40. The first-order valence-electron chi connectivity index (χ1n) is 8.69. The SMILES string of the molecule is CCCCCCC[C@H]1OC(C)(C)O[C@@H]1CC#CC#C/C=C/CO. The molecule has 1 saturated heterocycles. The molecule has 1 fully saturated rings. The van der Waals surface area contributed by atoms with Gasteiger partial charge in [-0.05, 0) is 38.2 Å². The van der Waals surface area contributed by atoms with Crippen LogP contribution in [0.15, 0.2) is 12.2 Å². The Kier molecular flexibility index (Phi) is 9.72. The largest absolute Gasteiger partial charge is 0.392 e. The minimum Gasteiger partial charge on any atom is -0.392 e. The van der Waals surface area contributed by atoms with Gasteiger partial charge in [0.25, 0.3) is 0 Å². The van der Waals surface area contributed by atoms with Crippen LogP contribution in [-0.4, -0.2) is 29.7 Å². The summed E-state index contributed by atoms with van der Waals surface area (Å²) in [5.41, 5.74) is 0. The van der Waals surface area contributed by atoms with Crippen molar-refractivity contribution in [2.24, 2.45) is 0 Å². The van der Waals surface area contributed by atoms with Crippen LogP contribution < -0.4 is 0 Å². The molecule has 3 heteroatoms. The summed E-state index contributed by atoms with van der Waals surface area (Å²) in [6.07, 6.45) is 11.3. The summed E-state index contributed by atoms with van der Waals surface area (Å²) < 4.78 is 12.0. The zero-order valence-electron chi connectivity index (χ0n) is 14.7. The van der Waals surface area contributed by atoms with Gasteiger partial charge in [-0.25, -0.2) is 0 Å². The van der Waals surface area contributed by atoms with Crippen LogP contribution >= 0.6 is 0 Å². The van der Waals surface area contributed by atoms with E-state index in [1.165, 1.54) is 32.1 Å². The van der Waals surface area contributed by atoms with Crippen molar-refractivity contribution >= 4 is 0 Å². The number of allylic oxidation sites excluding steroid dienone is 1. The normalized spacial score (nSPS) is 22.4. The molecule has 0 saturated carbocycles. The van der Waals surface area contributed by atoms with Gasteiger partial charge in [0, 0.05) is 6.42 Å². The maximum absolute atomic E-state index is 8.59. The van der Waals surface area contributed by atoms with Crippen LogP contribution in [-0.2, 0) is 9.47 Å². The molecule has 0 radical (unpaired) electrons. The van der Waals surface area contributed by atoms with Crippen molar-refractivity contribution in [3.8, 4) is 23.7 Å². The second-order valence-electron chi connectivity index (χ2n) is 6.28. The van der Waals surface area contributed by atoms with E-state index in [2.05, 4.69) is 30.6 Å². The highest BCUT2D eigenvalue weighted by atomic mass is 16.7. The van der Waals surface area contributed by atoms with Gasteiger partial charge in [-0.3, -0.25) is 0 Å². The first-order chi connectivity index (χ1) is 11.1. The van der Waals surface area contributed by atoms with Crippen LogP contribution in [0.25, 0.3) is 0 Å². The fourth-order valence-electron chi connectivity index (χ4n) is 2.66. The molecule has 0 aliphatic carbocycles. The van der Waals surface area contributed by atoms with E-state index >= 15 is 0 Å². The van der Waals surface area contributed by atoms with Crippen molar-refractivity contribution in [3.63, 3.8) is 0 Å². The van der Waals surface area contributed by atoms with Crippen molar-refractivity contribution in [3.05, 3.63) is 12.2 Å². The molecule has 3 nitrogen and oxygen atoms in total. The van der Waals surface area contributed by atoms with Gasteiger partial charge in [-0.15, -0.1) is 0 Å². The van der Waals surface area contributed by atoms with E-state index in [1.54, 1.807) is 12.2 Å². The third-order valence-electron chi connectivity index (χ3n) is 3.71. The van der Waals surface area contributed by atoms with Crippen LogP contribution in [0.5, 0.6) is 0 Å². The Bertz CT molecular complexity index is 471. The molecular weight excluding hydrogens is 288 g/mol. The summed E-state index contributed by atoms with van der Waals surface area (Å²) in [4.78, 5) is 0. The molecule has 0 amide bonds. The van der Waals surface area contributed by atoms with Crippen LogP contribution in [0.1, 0.15) is 65.7 Å². The molecule has 1 rings (SSSR count). The Morgan fingerprint density at radius 3 is 2.52 bits per heavy atom. The second kappa shape index (κ2) is 11.3. The van der Waals surface area contributed by atoms with E-state index < -0.39 is 5.79 Å². The fourth-order valence-corrected chi connectivity index (χ4v) is 2.66. The van der Waals surface area contributed by atoms with Crippen molar-refractivity contribution in [1.82, 2.24) is 0 Å². The average molecular weight is 318 g/mol. The second-order valence-corrected chi connectivity index (χ2v) is 6.28. The molecule has 1 aliphatic rings. The summed E-state index contributed by atoms with van der Waals surface area (Å²) in [5, 5.41) is 8.59. The maximum atomic E-state index is 8.59. The van der Waals surface area contributed by atoms with E-state index in [1.807, 2.05) is 13.8 Å². The quantitative estimate of drug-likeness (QED) is 0.546. The zero-order valence-corrected chi connectivity index (χ0v) is 14.7. The molecule has 0 aromatic heterocycles. The van der Waals surface area contributed by atoms with Gasteiger partial charge in [-0.2, -0.15) is 0 Å². The topological polar surface area (TPSA) is 38.7 Å². The number of aliphatic hydroxyl groups is 1. The first kappa shape index (κ1) is 19.8. The average Bonchev–Trinajstić information content (AvgIpc) is 2.80. The Morgan fingerprint density at radius 2 is 1.78 bits per heavy atom. The number of rotatable bonds is 8. The lowest BCUT2D eigenvalue weighted by molar-refractivity contribution is -0.146. The van der Waals surface area contributed by atoms with Gasteiger partial charge >= 0.3 is 0 Å². The smallest absolute Gasteiger partial charge is 0.163 e. The zero-order chi connectivity index (χ0) is 17.0. The molecule has 0 bridgehead atoms. The lowest BCUT2D eigenvalue weighted by Crippen LogP contribution is -2.21. The highest BCUT2D eigenvalue weighted by molar-refractivity contribution is 5.30. The van der Waals surface area contributed by atoms with E-state index in [4.69, 9.17) is 14.6 Å². The van der Waals surface area contributed by atoms with E-state index in [0.29, 0.717) is 6.42 Å². The molecule has 128 valence electrons. The Labute approximate surface area is 141 Å². The van der Waals surface area contributed by atoms with E-state index in [0.717, 1.165) is 6.42 Å². The minimum absolute atomic E-state index is 0.00435. The molecule has 0 aromatic carbocycles. The van der Waals surface area contributed by atoms with Crippen molar-refractivity contribution < 1.29 is 14.6 Å². The van der Waals surface area contributed by atoms with Crippen LogP contribution in [0.2, 0.25) is 0 Å². The monoisotopic (exact) mass is 318 g/mol. The molecule has 2 atom stereocenters. The molecule has 1 aliphatic heterocycles. The third kappa shape index (κ3) is 8.82. The molecule has 0 unspecified atom stereocenters. The van der Waals surface area contributed by atoms with Gasteiger partial charge in [-0.1, -0.05) is 56.9 Å².